The molecule has 1 fully saturated rings. The molecule has 1 saturated heterocycles. The van der Waals surface area contributed by atoms with E-state index in [9.17, 15) is 18.8 Å². The number of ether oxygens (including phenoxy) is 1. The fraction of sp³-hybridized carbons (Fsp3) is 0.316. The van der Waals surface area contributed by atoms with Gasteiger partial charge >= 0.3 is 6.03 Å². The highest BCUT2D eigenvalue weighted by atomic mass is 19.1. The third kappa shape index (κ3) is 3.42. The highest BCUT2D eigenvalue weighted by Crippen LogP contribution is 2.29. The number of imide groups is 1. The van der Waals surface area contributed by atoms with Gasteiger partial charge in [-0.1, -0.05) is 6.07 Å². The quantitative estimate of drug-likeness (QED) is 0.762. The molecule has 1 atom stereocenters. The van der Waals surface area contributed by atoms with E-state index < -0.39 is 35.7 Å². The molecule has 8 nitrogen and oxygen atoms in total. The molecule has 2 aromatic rings. The van der Waals surface area contributed by atoms with E-state index in [0.29, 0.717) is 5.56 Å². The van der Waals surface area contributed by atoms with Gasteiger partial charge in [-0.3, -0.25) is 14.5 Å². The van der Waals surface area contributed by atoms with Gasteiger partial charge in [0.1, 0.15) is 12.3 Å². The number of hydrogen-bond donors (Lipinski definition) is 1. The van der Waals surface area contributed by atoms with Crippen LogP contribution in [-0.4, -0.2) is 48.3 Å². The summed E-state index contributed by atoms with van der Waals surface area (Å²) in [6, 6.07) is 6.87. The van der Waals surface area contributed by atoms with Crippen LogP contribution in [0.15, 0.2) is 41.0 Å². The summed E-state index contributed by atoms with van der Waals surface area (Å²) in [6.07, 6.45) is 1.40. The van der Waals surface area contributed by atoms with Gasteiger partial charge in [0.05, 0.1) is 13.4 Å². The smallest absolute Gasteiger partial charge is 0.325 e. The number of nitrogens with zero attached hydrogens (tertiary/aromatic N) is 2. The van der Waals surface area contributed by atoms with Crippen molar-refractivity contribution in [1.82, 2.24) is 15.1 Å². The summed E-state index contributed by atoms with van der Waals surface area (Å²) < 4.78 is 23.9. The summed E-state index contributed by atoms with van der Waals surface area (Å²) in [6.45, 7) is 1.19. The minimum atomic E-state index is -1.36. The number of urea groups is 1. The molecule has 1 aromatic heterocycles. The number of carbonyl (C=O) groups excluding carboxylic acids is 3. The standard InChI is InChI=1S/C19H20FN3O5/c1-19(15-5-4-8-28-15)17(25)23(18(26)21-19)11-16(24)22(2)10-12-6-7-14(27-3)13(20)9-12/h4-9H,10-11H2,1-3H3,(H,21,26)/t19-/m0/s1. The third-order valence-corrected chi connectivity index (χ3v) is 4.64. The van der Waals surface area contributed by atoms with Gasteiger partial charge in [0.25, 0.3) is 5.91 Å². The van der Waals surface area contributed by atoms with Gasteiger partial charge in [-0.15, -0.1) is 0 Å². The lowest BCUT2D eigenvalue weighted by Gasteiger charge is -2.22. The van der Waals surface area contributed by atoms with E-state index in [1.54, 1.807) is 18.2 Å². The lowest BCUT2D eigenvalue weighted by atomic mass is 9.99. The van der Waals surface area contributed by atoms with E-state index in [1.165, 1.54) is 44.4 Å². The van der Waals surface area contributed by atoms with Crippen LogP contribution in [0.5, 0.6) is 5.75 Å². The number of hydrogen-bond acceptors (Lipinski definition) is 5. The van der Waals surface area contributed by atoms with Crippen LogP contribution in [0.2, 0.25) is 0 Å². The molecule has 0 aliphatic carbocycles. The highest BCUT2D eigenvalue weighted by Gasteiger charge is 2.51. The maximum atomic E-state index is 13.8. The van der Waals surface area contributed by atoms with Crippen LogP contribution in [0.3, 0.4) is 0 Å². The lowest BCUT2D eigenvalue weighted by Crippen LogP contribution is -2.43. The number of methoxy groups -OCH3 is 1. The predicted molar refractivity (Wildman–Crippen MR) is 95.7 cm³/mol. The molecule has 2 heterocycles. The van der Waals surface area contributed by atoms with Crippen LogP contribution in [0.25, 0.3) is 0 Å². The normalized spacial score (nSPS) is 18.9. The van der Waals surface area contributed by atoms with E-state index in [1.807, 2.05) is 0 Å². The summed E-state index contributed by atoms with van der Waals surface area (Å²) in [5.41, 5.74) is -0.815. The minimum Gasteiger partial charge on any atom is -0.494 e. The molecule has 148 valence electrons. The van der Waals surface area contributed by atoms with Gasteiger partial charge in [-0.05, 0) is 36.8 Å². The molecule has 1 aliphatic rings. The molecule has 1 aromatic carbocycles. The molecule has 0 bridgehead atoms. The van der Waals surface area contributed by atoms with Gasteiger partial charge in [-0.2, -0.15) is 0 Å². The van der Waals surface area contributed by atoms with Gasteiger partial charge in [0.15, 0.2) is 17.1 Å². The van der Waals surface area contributed by atoms with E-state index in [4.69, 9.17) is 9.15 Å². The number of carbonyl (C=O) groups is 3. The number of amides is 4. The number of likely N-dealkylation sites (N-methyl/N-ethyl adjacent to an activating group) is 1. The van der Waals surface area contributed by atoms with E-state index in [-0.39, 0.29) is 18.1 Å². The first-order valence-corrected chi connectivity index (χ1v) is 8.50. The molecule has 0 radical (unpaired) electrons. The fourth-order valence-corrected chi connectivity index (χ4v) is 3.00. The Morgan fingerprint density at radius 3 is 2.71 bits per heavy atom. The maximum Gasteiger partial charge on any atom is 0.325 e. The van der Waals surface area contributed by atoms with Crippen LogP contribution < -0.4 is 10.1 Å². The molecule has 0 saturated carbocycles. The molecule has 0 unspecified atom stereocenters. The summed E-state index contributed by atoms with van der Waals surface area (Å²) in [5.74, 6) is -1.20. The third-order valence-electron chi connectivity index (χ3n) is 4.64. The van der Waals surface area contributed by atoms with Gasteiger partial charge < -0.3 is 19.4 Å². The van der Waals surface area contributed by atoms with Gasteiger partial charge in [0, 0.05) is 13.6 Å². The van der Waals surface area contributed by atoms with Crippen LogP contribution in [0, 0.1) is 5.82 Å². The Kier molecular flexibility index (Phi) is 5.08. The number of rotatable bonds is 6. The first-order chi connectivity index (χ1) is 13.3. The second-order valence-corrected chi connectivity index (χ2v) is 6.64. The lowest BCUT2D eigenvalue weighted by molar-refractivity contribution is -0.138. The SMILES string of the molecule is COc1ccc(CN(C)C(=O)CN2C(=O)N[C@@](C)(c3ccco3)C2=O)cc1F. The van der Waals surface area contributed by atoms with Crippen molar-refractivity contribution in [2.24, 2.45) is 0 Å². The average Bonchev–Trinajstić information content (AvgIpc) is 3.26. The number of halogens is 1. The van der Waals surface area contributed by atoms with Crippen LogP contribution in [-0.2, 0) is 21.7 Å². The Bertz CT molecular complexity index is 914. The monoisotopic (exact) mass is 389 g/mol. The van der Waals surface area contributed by atoms with Crippen LogP contribution in [0.1, 0.15) is 18.2 Å². The van der Waals surface area contributed by atoms with Gasteiger partial charge in [-0.25, -0.2) is 9.18 Å². The Hall–Kier alpha value is -3.36. The predicted octanol–water partition coefficient (Wildman–Crippen LogP) is 1.85. The first-order valence-electron chi connectivity index (χ1n) is 8.50. The summed E-state index contributed by atoms with van der Waals surface area (Å²) >= 11 is 0. The summed E-state index contributed by atoms with van der Waals surface area (Å²) in [4.78, 5) is 39.6. The Balaban J connectivity index is 1.68. The molecule has 3 rings (SSSR count). The highest BCUT2D eigenvalue weighted by molar-refractivity contribution is 6.08. The molecule has 28 heavy (non-hydrogen) atoms. The van der Waals surface area contributed by atoms with Crippen LogP contribution in [0.4, 0.5) is 9.18 Å². The van der Waals surface area contributed by atoms with Crippen LogP contribution >= 0.6 is 0 Å². The van der Waals surface area contributed by atoms with Crippen molar-refractivity contribution in [2.75, 3.05) is 20.7 Å². The number of nitrogens with one attached hydrogen (secondary N) is 1. The number of benzene rings is 1. The topological polar surface area (TPSA) is 92.1 Å². The van der Waals surface area contributed by atoms with E-state index >= 15 is 0 Å². The summed E-state index contributed by atoms with van der Waals surface area (Å²) in [7, 11) is 2.87. The zero-order valence-corrected chi connectivity index (χ0v) is 15.7. The van der Waals surface area contributed by atoms with Crippen molar-refractivity contribution in [3.8, 4) is 5.75 Å². The van der Waals surface area contributed by atoms with Crippen molar-refractivity contribution in [3.05, 3.63) is 53.7 Å². The molecule has 0 spiro atoms. The second kappa shape index (κ2) is 7.34. The van der Waals surface area contributed by atoms with Crippen molar-refractivity contribution in [2.45, 2.75) is 19.0 Å². The first kappa shape index (κ1) is 19.4. The molecule has 4 amide bonds. The molecular formula is C19H20FN3O5. The second-order valence-electron chi connectivity index (χ2n) is 6.64. The zero-order chi connectivity index (χ0) is 20.5. The minimum absolute atomic E-state index is 0.106. The Labute approximate surface area is 160 Å². The molecule has 1 N–H and O–H groups in total. The zero-order valence-electron chi connectivity index (χ0n) is 15.7. The maximum absolute atomic E-state index is 13.8. The van der Waals surface area contributed by atoms with E-state index in [0.717, 1.165) is 4.90 Å². The Morgan fingerprint density at radius 1 is 1.36 bits per heavy atom. The van der Waals surface area contributed by atoms with Crippen molar-refractivity contribution < 1.29 is 27.9 Å². The Morgan fingerprint density at radius 2 is 2.11 bits per heavy atom. The largest absolute Gasteiger partial charge is 0.494 e. The molecule has 1 aliphatic heterocycles. The average molecular weight is 389 g/mol. The fourth-order valence-electron chi connectivity index (χ4n) is 3.00. The van der Waals surface area contributed by atoms with E-state index in [2.05, 4.69) is 5.32 Å². The van der Waals surface area contributed by atoms with Crippen molar-refractivity contribution in [3.63, 3.8) is 0 Å². The van der Waals surface area contributed by atoms with Gasteiger partial charge in [0.2, 0.25) is 5.91 Å². The molecule has 9 heteroatoms. The van der Waals surface area contributed by atoms with Crippen molar-refractivity contribution in [1.29, 1.82) is 0 Å². The van der Waals surface area contributed by atoms with Crippen molar-refractivity contribution >= 4 is 17.8 Å². The molecular weight excluding hydrogens is 369 g/mol. The summed E-state index contributed by atoms with van der Waals surface area (Å²) in [5, 5.41) is 2.56. The number of furan rings is 1.